The Morgan fingerprint density at radius 1 is 1.35 bits per heavy atom. The van der Waals surface area contributed by atoms with Gasteiger partial charge in [-0.05, 0) is 30.7 Å². The van der Waals surface area contributed by atoms with E-state index < -0.39 is 0 Å². The molecule has 1 unspecified atom stereocenters. The summed E-state index contributed by atoms with van der Waals surface area (Å²) in [6.07, 6.45) is 1.18. The molecule has 1 fully saturated rings. The van der Waals surface area contributed by atoms with Crippen LogP contribution in [0.1, 0.15) is 23.2 Å². The van der Waals surface area contributed by atoms with Crippen LogP contribution in [-0.2, 0) is 4.79 Å². The summed E-state index contributed by atoms with van der Waals surface area (Å²) in [5, 5.41) is 5.64. The maximum Gasteiger partial charge on any atom is 0.251 e. The number of hydrogen-bond acceptors (Lipinski definition) is 2. The number of benzene rings is 1. The number of hydrogen-bond donors (Lipinski definition) is 2. The monoisotopic (exact) mass is 296 g/mol. The van der Waals surface area contributed by atoms with E-state index in [0.29, 0.717) is 24.9 Å². The Morgan fingerprint density at radius 3 is 2.65 bits per heavy atom. The van der Waals surface area contributed by atoms with Crippen LogP contribution < -0.4 is 10.6 Å². The molecule has 1 aliphatic rings. The van der Waals surface area contributed by atoms with Gasteiger partial charge < -0.3 is 10.6 Å². The molecule has 1 aromatic carbocycles. The van der Waals surface area contributed by atoms with E-state index in [1.165, 1.54) is 0 Å². The highest BCUT2D eigenvalue weighted by atomic mass is 79.9. The van der Waals surface area contributed by atoms with Gasteiger partial charge in [0.05, 0.1) is 0 Å². The molecule has 2 amide bonds. The zero-order valence-corrected chi connectivity index (χ0v) is 10.8. The predicted octanol–water partition coefficient (Wildman–Crippen LogP) is 1.46. The largest absolute Gasteiger partial charge is 0.354 e. The van der Waals surface area contributed by atoms with Crippen molar-refractivity contribution < 1.29 is 9.59 Å². The van der Waals surface area contributed by atoms with Gasteiger partial charge in [0.2, 0.25) is 5.91 Å². The Balaban J connectivity index is 1.93. The van der Waals surface area contributed by atoms with Crippen LogP contribution in [0.25, 0.3) is 0 Å². The minimum Gasteiger partial charge on any atom is -0.354 e. The number of carbonyl (C=O) groups is 2. The fourth-order valence-electron chi connectivity index (χ4n) is 1.73. The van der Waals surface area contributed by atoms with Crippen LogP contribution >= 0.6 is 15.9 Å². The normalized spacial score (nSPS) is 19.6. The maximum atomic E-state index is 11.9. The van der Waals surface area contributed by atoms with Gasteiger partial charge in [-0.25, -0.2) is 0 Å². The molecule has 0 radical (unpaired) electrons. The summed E-state index contributed by atoms with van der Waals surface area (Å²) in [5.74, 6) is -0.0437. The summed E-state index contributed by atoms with van der Waals surface area (Å²) in [5.41, 5.74) is 0.630. The molecule has 17 heavy (non-hydrogen) atoms. The van der Waals surface area contributed by atoms with E-state index >= 15 is 0 Å². The molecule has 1 atom stereocenters. The molecule has 1 aromatic rings. The molecular formula is C12H13BrN2O2. The van der Waals surface area contributed by atoms with Crippen molar-refractivity contribution in [2.24, 2.45) is 0 Å². The molecule has 1 heterocycles. The van der Waals surface area contributed by atoms with E-state index in [4.69, 9.17) is 0 Å². The first kappa shape index (κ1) is 12.1. The van der Waals surface area contributed by atoms with Crippen molar-refractivity contribution in [1.29, 1.82) is 0 Å². The van der Waals surface area contributed by atoms with Crippen LogP contribution in [0.5, 0.6) is 0 Å². The Hall–Kier alpha value is -1.36. The highest BCUT2D eigenvalue weighted by Crippen LogP contribution is 2.11. The van der Waals surface area contributed by atoms with Crippen molar-refractivity contribution in [2.45, 2.75) is 18.9 Å². The van der Waals surface area contributed by atoms with E-state index in [1.54, 1.807) is 12.1 Å². The molecule has 90 valence electrons. The first-order valence-corrected chi connectivity index (χ1v) is 6.27. The SMILES string of the molecule is O=C1CCC(NC(=O)c2ccc(Br)cc2)CN1. The number of nitrogens with one attached hydrogen (secondary N) is 2. The molecular weight excluding hydrogens is 284 g/mol. The summed E-state index contributed by atoms with van der Waals surface area (Å²) in [4.78, 5) is 22.8. The molecule has 4 nitrogen and oxygen atoms in total. The minimum absolute atomic E-state index is 0.0313. The molecule has 5 heteroatoms. The summed E-state index contributed by atoms with van der Waals surface area (Å²) in [7, 11) is 0. The second-order valence-corrected chi connectivity index (χ2v) is 4.94. The van der Waals surface area contributed by atoms with E-state index in [2.05, 4.69) is 26.6 Å². The lowest BCUT2D eigenvalue weighted by Crippen LogP contribution is -2.47. The van der Waals surface area contributed by atoms with Gasteiger partial charge in [0, 0.05) is 29.0 Å². The highest BCUT2D eigenvalue weighted by Gasteiger charge is 2.19. The zero-order chi connectivity index (χ0) is 12.3. The van der Waals surface area contributed by atoms with E-state index in [9.17, 15) is 9.59 Å². The Labute approximate surface area is 108 Å². The minimum atomic E-state index is -0.0985. The van der Waals surface area contributed by atoms with Crippen LogP contribution in [0.2, 0.25) is 0 Å². The fourth-order valence-corrected chi connectivity index (χ4v) is 1.99. The molecule has 0 saturated carbocycles. The van der Waals surface area contributed by atoms with E-state index in [0.717, 1.165) is 4.47 Å². The van der Waals surface area contributed by atoms with Crippen LogP contribution in [0, 0.1) is 0 Å². The van der Waals surface area contributed by atoms with Gasteiger partial charge in [0.15, 0.2) is 0 Å². The van der Waals surface area contributed by atoms with Crippen molar-refractivity contribution in [3.8, 4) is 0 Å². The molecule has 0 bridgehead atoms. The summed E-state index contributed by atoms with van der Waals surface area (Å²) in [6, 6.07) is 7.22. The van der Waals surface area contributed by atoms with Crippen molar-refractivity contribution in [3.63, 3.8) is 0 Å². The lowest BCUT2D eigenvalue weighted by Gasteiger charge is -2.23. The second-order valence-electron chi connectivity index (χ2n) is 4.02. The van der Waals surface area contributed by atoms with Gasteiger partial charge >= 0.3 is 0 Å². The lowest BCUT2D eigenvalue weighted by molar-refractivity contribution is -0.122. The average Bonchev–Trinajstić information content (AvgIpc) is 2.33. The molecule has 2 N–H and O–H groups in total. The number of piperidine rings is 1. The van der Waals surface area contributed by atoms with Gasteiger partial charge in [-0.15, -0.1) is 0 Å². The molecule has 0 spiro atoms. The third-order valence-electron chi connectivity index (χ3n) is 2.71. The first-order valence-electron chi connectivity index (χ1n) is 5.48. The predicted molar refractivity (Wildman–Crippen MR) is 67.6 cm³/mol. The van der Waals surface area contributed by atoms with Gasteiger partial charge in [-0.2, -0.15) is 0 Å². The molecule has 0 aliphatic carbocycles. The number of halogens is 1. The van der Waals surface area contributed by atoms with Crippen molar-refractivity contribution in [2.75, 3.05) is 6.54 Å². The Bertz CT molecular complexity index is 421. The van der Waals surface area contributed by atoms with Crippen LogP contribution in [-0.4, -0.2) is 24.4 Å². The molecule has 2 rings (SSSR count). The van der Waals surface area contributed by atoms with Crippen molar-refractivity contribution in [1.82, 2.24) is 10.6 Å². The third-order valence-corrected chi connectivity index (χ3v) is 3.24. The van der Waals surface area contributed by atoms with Gasteiger partial charge in [-0.1, -0.05) is 15.9 Å². The molecule has 0 aromatic heterocycles. The maximum absolute atomic E-state index is 11.9. The third kappa shape index (κ3) is 3.30. The summed E-state index contributed by atoms with van der Waals surface area (Å²) >= 11 is 3.32. The Kier molecular flexibility index (Phi) is 3.78. The Morgan fingerprint density at radius 2 is 2.06 bits per heavy atom. The summed E-state index contributed by atoms with van der Waals surface area (Å²) in [6.45, 7) is 0.515. The van der Waals surface area contributed by atoms with Crippen LogP contribution in [0.3, 0.4) is 0 Å². The summed E-state index contributed by atoms with van der Waals surface area (Å²) < 4.78 is 0.943. The topological polar surface area (TPSA) is 58.2 Å². The average molecular weight is 297 g/mol. The fraction of sp³-hybridized carbons (Fsp3) is 0.333. The smallest absolute Gasteiger partial charge is 0.251 e. The molecule has 1 saturated heterocycles. The van der Waals surface area contributed by atoms with Gasteiger partial charge in [-0.3, -0.25) is 9.59 Å². The number of rotatable bonds is 2. The van der Waals surface area contributed by atoms with Gasteiger partial charge in [0.25, 0.3) is 5.91 Å². The van der Waals surface area contributed by atoms with Crippen LogP contribution in [0.4, 0.5) is 0 Å². The van der Waals surface area contributed by atoms with E-state index in [1.807, 2.05) is 12.1 Å². The van der Waals surface area contributed by atoms with Crippen molar-refractivity contribution >= 4 is 27.7 Å². The zero-order valence-electron chi connectivity index (χ0n) is 9.20. The second kappa shape index (κ2) is 5.31. The first-order chi connectivity index (χ1) is 8.15. The standard InChI is InChI=1S/C12H13BrN2O2/c13-9-3-1-8(2-4-9)12(17)15-10-5-6-11(16)14-7-10/h1-4,10H,5-7H2,(H,14,16)(H,15,17). The number of amides is 2. The number of carbonyl (C=O) groups excluding carboxylic acids is 2. The van der Waals surface area contributed by atoms with Crippen molar-refractivity contribution in [3.05, 3.63) is 34.3 Å². The lowest BCUT2D eigenvalue weighted by atomic mass is 10.1. The molecule has 1 aliphatic heterocycles. The quantitative estimate of drug-likeness (QED) is 0.868. The highest BCUT2D eigenvalue weighted by molar-refractivity contribution is 9.10. The van der Waals surface area contributed by atoms with Crippen LogP contribution in [0.15, 0.2) is 28.7 Å². The van der Waals surface area contributed by atoms with Gasteiger partial charge in [0.1, 0.15) is 0 Å². The van der Waals surface area contributed by atoms with E-state index in [-0.39, 0.29) is 17.9 Å².